The van der Waals surface area contributed by atoms with Crippen LogP contribution in [0.5, 0.6) is 0 Å². The summed E-state index contributed by atoms with van der Waals surface area (Å²) in [5, 5.41) is 4.67. The smallest absolute Gasteiger partial charge is 0.268 e. The number of rotatable bonds is 2. The molecule has 0 unspecified atom stereocenters. The zero-order valence-corrected chi connectivity index (χ0v) is 6.25. The van der Waals surface area contributed by atoms with E-state index < -0.39 is 10.2 Å². The molecule has 0 saturated carbocycles. The van der Waals surface area contributed by atoms with E-state index in [1.165, 1.54) is 18.7 Å². The van der Waals surface area contributed by atoms with E-state index in [2.05, 4.69) is 15.1 Å². The maximum absolute atomic E-state index is 10.4. The third-order valence-corrected chi connectivity index (χ3v) is 1.34. The topological polar surface area (TPSA) is 98.0 Å². The summed E-state index contributed by atoms with van der Waals surface area (Å²) < 4.78 is 22.8. The molecule has 0 atom stereocenters. The minimum absolute atomic E-state index is 0.245. The van der Waals surface area contributed by atoms with E-state index in [1.807, 2.05) is 4.72 Å². The van der Waals surface area contributed by atoms with Crippen molar-refractivity contribution in [1.82, 2.24) is 9.97 Å². The van der Waals surface area contributed by atoms with Crippen LogP contribution < -0.4 is 9.86 Å². The first-order chi connectivity index (χ1) is 5.08. The molecule has 0 spiro atoms. The second kappa shape index (κ2) is 2.81. The van der Waals surface area contributed by atoms with E-state index >= 15 is 0 Å². The van der Waals surface area contributed by atoms with Gasteiger partial charge in [0.1, 0.15) is 6.33 Å². The largest absolute Gasteiger partial charge is 0.296 e. The van der Waals surface area contributed by atoms with Crippen molar-refractivity contribution in [2.24, 2.45) is 5.14 Å². The Labute approximate surface area is 63.7 Å². The number of aromatic nitrogens is 2. The van der Waals surface area contributed by atoms with Crippen molar-refractivity contribution in [3.63, 3.8) is 0 Å². The molecule has 0 bridgehead atoms. The Morgan fingerprint density at radius 1 is 1.36 bits per heavy atom. The lowest BCUT2D eigenvalue weighted by molar-refractivity contribution is 0.603. The molecule has 0 aliphatic carbocycles. The third-order valence-electron chi connectivity index (χ3n) is 0.821. The Bertz CT molecular complexity index is 321. The molecular formula is C4H6N4O2S. The summed E-state index contributed by atoms with van der Waals surface area (Å²) in [6, 6.07) is 0. The predicted octanol–water partition coefficient (Wildman–Crippen LogP) is -0.908. The van der Waals surface area contributed by atoms with E-state index in [0.29, 0.717) is 0 Å². The molecule has 1 rings (SSSR count). The van der Waals surface area contributed by atoms with Crippen molar-refractivity contribution in [3.8, 4) is 0 Å². The minimum atomic E-state index is -3.71. The maximum Gasteiger partial charge on any atom is 0.296 e. The van der Waals surface area contributed by atoms with Gasteiger partial charge in [-0.1, -0.05) is 0 Å². The first-order valence-electron chi connectivity index (χ1n) is 2.63. The van der Waals surface area contributed by atoms with Crippen LogP contribution in [-0.4, -0.2) is 18.4 Å². The van der Waals surface area contributed by atoms with Crippen molar-refractivity contribution in [3.05, 3.63) is 18.7 Å². The standard InChI is InChI=1S/C4H6N4O2S/c5-11(9,10)8-4-1-6-3-7-2-4/h1-3,8H,(H2,5,9,10). The van der Waals surface area contributed by atoms with Crippen LogP contribution in [0, 0.1) is 0 Å². The van der Waals surface area contributed by atoms with E-state index in [0.717, 1.165) is 0 Å². The highest BCUT2D eigenvalue weighted by Gasteiger charge is 2.00. The summed E-state index contributed by atoms with van der Waals surface area (Å²) in [6.07, 6.45) is 3.89. The highest BCUT2D eigenvalue weighted by Crippen LogP contribution is 2.00. The van der Waals surface area contributed by atoms with E-state index in [9.17, 15) is 8.42 Å². The molecule has 60 valence electrons. The quantitative estimate of drug-likeness (QED) is 0.606. The first kappa shape index (κ1) is 7.89. The summed E-state index contributed by atoms with van der Waals surface area (Å²) in [6.45, 7) is 0. The summed E-state index contributed by atoms with van der Waals surface area (Å²) in [7, 11) is -3.71. The van der Waals surface area contributed by atoms with Gasteiger partial charge in [0.25, 0.3) is 10.2 Å². The van der Waals surface area contributed by atoms with Crippen LogP contribution in [0.25, 0.3) is 0 Å². The molecule has 0 aliphatic heterocycles. The van der Waals surface area contributed by atoms with E-state index in [1.54, 1.807) is 0 Å². The molecule has 0 radical (unpaired) electrons. The van der Waals surface area contributed by atoms with Crippen LogP contribution in [0.3, 0.4) is 0 Å². The van der Waals surface area contributed by atoms with Gasteiger partial charge >= 0.3 is 0 Å². The Morgan fingerprint density at radius 2 is 1.91 bits per heavy atom. The van der Waals surface area contributed by atoms with Crippen LogP contribution in [-0.2, 0) is 10.2 Å². The molecule has 11 heavy (non-hydrogen) atoms. The van der Waals surface area contributed by atoms with Gasteiger partial charge in [0.05, 0.1) is 18.1 Å². The molecule has 1 aromatic rings. The number of nitrogens with zero attached hydrogens (tertiary/aromatic N) is 2. The van der Waals surface area contributed by atoms with Gasteiger partial charge in [-0.05, 0) is 0 Å². The number of hydrogen-bond donors (Lipinski definition) is 2. The highest BCUT2D eigenvalue weighted by molar-refractivity contribution is 7.90. The Hall–Kier alpha value is -1.21. The number of anilines is 1. The monoisotopic (exact) mass is 174 g/mol. The molecule has 3 N–H and O–H groups in total. The normalized spacial score (nSPS) is 11.0. The zero-order valence-electron chi connectivity index (χ0n) is 5.43. The van der Waals surface area contributed by atoms with Crippen LogP contribution in [0.1, 0.15) is 0 Å². The summed E-state index contributed by atoms with van der Waals surface area (Å²) in [5.41, 5.74) is 0.245. The number of nitrogens with two attached hydrogens (primary N) is 1. The second-order valence-corrected chi connectivity index (χ2v) is 3.07. The predicted molar refractivity (Wildman–Crippen MR) is 38.8 cm³/mol. The summed E-state index contributed by atoms with van der Waals surface area (Å²) >= 11 is 0. The Kier molecular flexibility index (Phi) is 2.01. The van der Waals surface area contributed by atoms with Crippen molar-refractivity contribution >= 4 is 15.9 Å². The third kappa shape index (κ3) is 2.92. The van der Waals surface area contributed by atoms with Gasteiger partial charge in [0, 0.05) is 0 Å². The van der Waals surface area contributed by atoms with Gasteiger partial charge < -0.3 is 0 Å². The fraction of sp³-hybridized carbons (Fsp3) is 0. The first-order valence-corrected chi connectivity index (χ1v) is 4.18. The average Bonchev–Trinajstić information content (AvgIpc) is 1.85. The molecule has 0 amide bonds. The van der Waals surface area contributed by atoms with Gasteiger partial charge in [-0.15, -0.1) is 0 Å². The summed E-state index contributed by atoms with van der Waals surface area (Å²) in [4.78, 5) is 7.15. The van der Waals surface area contributed by atoms with Gasteiger partial charge in [-0.25, -0.2) is 15.1 Å². The highest BCUT2D eigenvalue weighted by atomic mass is 32.2. The van der Waals surface area contributed by atoms with Crippen LogP contribution >= 0.6 is 0 Å². The molecular weight excluding hydrogens is 168 g/mol. The van der Waals surface area contributed by atoms with Crippen LogP contribution in [0.15, 0.2) is 18.7 Å². The molecule has 0 saturated heterocycles. The SMILES string of the molecule is NS(=O)(=O)Nc1cncnc1. The lowest BCUT2D eigenvalue weighted by Crippen LogP contribution is -2.21. The lowest BCUT2D eigenvalue weighted by atomic mass is 10.6. The fourth-order valence-corrected chi connectivity index (χ4v) is 0.950. The molecule has 0 fully saturated rings. The molecule has 7 heteroatoms. The summed E-state index contributed by atoms with van der Waals surface area (Å²) in [5.74, 6) is 0. The number of nitrogens with one attached hydrogen (secondary N) is 1. The van der Waals surface area contributed by atoms with Crippen LogP contribution in [0.2, 0.25) is 0 Å². The van der Waals surface area contributed by atoms with Gasteiger partial charge in [0.2, 0.25) is 0 Å². The van der Waals surface area contributed by atoms with Crippen molar-refractivity contribution in [2.45, 2.75) is 0 Å². The Balaban J connectivity index is 2.82. The van der Waals surface area contributed by atoms with E-state index in [4.69, 9.17) is 0 Å². The van der Waals surface area contributed by atoms with Crippen molar-refractivity contribution in [2.75, 3.05) is 4.72 Å². The molecule has 6 nitrogen and oxygen atoms in total. The maximum atomic E-state index is 10.4. The fourth-order valence-electron chi connectivity index (χ4n) is 0.516. The van der Waals surface area contributed by atoms with Crippen molar-refractivity contribution in [1.29, 1.82) is 0 Å². The van der Waals surface area contributed by atoms with Gasteiger partial charge in [-0.3, -0.25) is 4.72 Å². The van der Waals surface area contributed by atoms with Gasteiger partial charge in [0.15, 0.2) is 0 Å². The molecule has 0 aromatic carbocycles. The van der Waals surface area contributed by atoms with Crippen LogP contribution in [0.4, 0.5) is 5.69 Å². The zero-order chi connectivity index (χ0) is 8.32. The van der Waals surface area contributed by atoms with Crippen molar-refractivity contribution < 1.29 is 8.42 Å². The molecule has 0 aliphatic rings. The average molecular weight is 174 g/mol. The lowest BCUT2D eigenvalue weighted by Gasteiger charge is -1.99. The second-order valence-electron chi connectivity index (χ2n) is 1.77. The minimum Gasteiger partial charge on any atom is -0.268 e. The molecule has 1 aromatic heterocycles. The number of hydrogen-bond acceptors (Lipinski definition) is 4. The Morgan fingerprint density at radius 3 is 2.36 bits per heavy atom. The molecule has 1 heterocycles. The van der Waals surface area contributed by atoms with E-state index in [-0.39, 0.29) is 5.69 Å². The van der Waals surface area contributed by atoms with Gasteiger partial charge in [-0.2, -0.15) is 8.42 Å².